The number of piperidine rings is 1. The van der Waals surface area contributed by atoms with Crippen LogP contribution in [0.1, 0.15) is 29.7 Å². The van der Waals surface area contributed by atoms with Crippen molar-refractivity contribution in [2.75, 3.05) is 39.3 Å². The summed E-state index contributed by atoms with van der Waals surface area (Å²) in [6, 6.07) is 10.8. The zero-order valence-electron chi connectivity index (χ0n) is 19.6. The van der Waals surface area contributed by atoms with Gasteiger partial charge in [0.25, 0.3) is 0 Å². The minimum absolute atomic E-state index is 0.439. The Morgan fingerprint density at radius 1 is 0.938 bits per heavy atom. The second-order valence-corrected chi connectivity index (χ2v) is 8.31. The third-order valence-electron chi connectivity index (χ3n) is 6.13. The Hall–Kier alpha value is -3.06. The summed E-state index contributed by atoms with van der Waals surface area (Å²) in [5, 5.41) is 4.81. The van der Waals surface area contributed by atoms with E-state index in [1.54, 1.807) is 21.3 Å². The molecule has 1 aliphatic rings. The average molecular weight is 437 g/mol. The van der Waals surface area contributed by atoms with Crippen molar-refractivity contribution in [3.8, 4) is 17.2 Å². The number of benzene rings is 2. The van der Waals surface area contributed by atoms with Crippen molar-refractivity contribution in [2.45, 2.75) is 39.3 Å². The number of anilines is 1. The lowest BCUT2D eigenvalue weighted by Gasteiger charge is -2.33. The number of methoxy groups -OCH3 is 3. The molecule has 0 radical (unpaired) electrons. The number of nitrogens with one attached hydrogen (secondary N) is 1. The van der Waals surface area contributed by atoms with Crippen molar-refractivity contribution in [1.82, 2.24) is 15.3 Å². The van der Waals surface area contributed by atoms with Crippen LogP contribution in [0.3, 0.4) is 0 Å². The molecular weight excluding hydrogens is 404 g/mol. The molecule has 7 nitrogen and oxygen atoms in total. The minimum atomic E-state index is 0.439. The Morgan fingerprint density at radius 2 is 1.62 bits per heavy atom. The second-order valence-electron chi connectivity index (χ2n) is 8.31. The molecule has 0 spiro atoms. The van der Waals surface area contributed by atoms with Crippen molar-refractivity contribution in [3.05, 3.63) is 47.2 Å². The van der Waals surface area contributed by atoms with Gasteiger partial charge in [0.2, 0.25) is 11.7 Å². The third-order valence-corrected chi connectivity index (χ3v) is 6.13. The molecule has 7 heteroatoms. The summed E-state index contributed by atoms with van der Waals surface area (Å²) in [7, 11) is 4.90. The van der Waals surface area contributed by atoms with Crippen LogP contribution in [0.5, 0.6) is 17.2 Å². The van der Waals surface area contributed by atoms with E-state index in [0.717, 1.165) is 60.6 Å². The Morgan fingerprint density at radius 3 is 2.25 bits per heavy atom. The normalized spacial score (nSPS) is 14.6. The monoisotopic (exact) mass is 436 g/mol. The smallest absolute Gasteiger partial charge is 0.226 e. The summed E-state index contributed by atoms with van der Waals surface area (Å²) in [5.41, 5.74) is 4.39. The summed E-state index contributed by atoms with van der Waals surface area (Å²) in [4.78, 5) is 11.9. The summed E-state index contributed by atoms with van der Waals surface area (Å²) in [5.74, 6) is 2.81. The number of aryl methyl sites for hydroxylation is 2. The second kappa shape index (κ2) is 9.61. The molecule has 0 aliphatic carbocycles. The van der Waals surface area contributed by atoms with Crippen LogP contribution in [0, 0.1) is 13.8 Å². The van der Waals surface area contributed by atoms with Crippen LogP contribution < -0.4 is 24.4 Å². The molecular formula is C25H32N4O3. The largest absolute Gasteiger partial charge is 0.493 e. The van der Waals surface area contributed by atoms with Gasteiger partial charge in [-0.15, -0.1) is 0 Å². The predicted octanol–water partition coefficient (Wildman–Crippen LogP) is 4.03. The van der Waals surface area contributed by atoms with Crippen LogP contribution in [-0.2, 0) is 6.54 Å². The highest BCUT2D eigenvalue weighted by molar-refractivity contribution is 5.82. The maximum Gasteiger partial charge on any atom is 0.226 e. The fraction of sp³-hybridized carbons (Fsp3) is 0.440. The van der Waals surface area contributed by atoms with Gasteiger partial charge in [-0.1, -0.05) is 11.6 Å². The topological polar surface area (TPSA) is 68.7 Å². The quantitative estimate of drug-likeness (QED) is 0.600. The molecule has 1 fully saturated rings. The van der Waals surface area contributed by atoms with E-state index in [9.17, 15) is 0 Å². The van der Waals surface area contributed by atoms with Gasteiger partial charge in [0, 0.05) is 31.1 Å². The van der Waals surface area contributed by atoms with E-state index < -0.39 is 0 Å². The van der Waals surface area contributed by atoms with E-state index >= 15 is 0 Å². The highest BCUT2D eigenvalue weighted by atomic mass is 16.5. The van der Waals surface area contributed by atoms with E-state index in [4.69, 9.17) is 24.2 Å². The lowest BCUT2D eigenvalue weighted by molar-refractivity contribution is 0.323. The molecule has 2 heterocycles. The fourth-order valence-corrected chi connectivity index (χ4v) is 4.30. The van der Waals surface area contributed by atoms with E-state index in [1.807, 2.05) is 12.1 Å². The molecule has 1 aromatic heterocycles. The van der Waals surface area contributed by atoms with Gasteiger partial charge in [-0.3, -0.25) is 0 Å². The Labute approximate surface area is 189 Å². The zero-order chi connectivity index (χ0) is 22.7. The van der Waals surface area contributed by atoms with Crippen LogP contribution in [0.15, 0.2) is 30.3 Å². The summed E-state index contributed by atoms with van der Waals surface area (Å²) in [6.07, 6.45) is 2.08. The molecule has 0 bridgehead atoms. The number of hydrogen-bond acceptors (Lipinski definition) is 7. The Kier molecular flexibility index (Phi) is 6.65. The molecule has 1 N–H and O–H groups in total. The maximum atomic E-state index is 5.47. The van der Waals surface area contributed by atoms with Crippen molar-refractivity contribution in [3.63, 3.8) is 0 Å². The highest BCUT2D eigenvalue weighted by Crippen LogP contribution is 2.38. The first-order valence-electron chi connectivity index (χ1n) is 11.0. The van der Waals surface area contributed by atoms with E-state index in [1.165, 1.54) is 5.56 Å². The number of aromatic nitrogens is 2. The number of ether oxygens (including phenoxy) is 3. The van der Waals surface area contributed by atoms with E-state index in [0.29, 0.717) is 23.3 Å². The lowest BCUT2D eigenvalue weighted by atomic mass is 10.0. The summed E-state index contributed by atoms with van der Waals surface area (Å²) >= 11 is 0. The van der Waals surface area contributed by atoms with Gasteiger partial charge in [-0.25, -0.2) is 9.97 Å². The van der Waals surface area contributed by atoms with Crippen molar-refractivity contribution < 1.29 is 14.2 Å². The zero-order valence-corrected chi connectivity index (χ0v) is 19.6. The van der Waals surface area contributed by atoms with Crippen LogP contribution in [0.2, 0.25) is 0 Å². The molecule has 32 heavy (non-hydrogen) atoms. The first kappa shape index (κ1) is 22.1. The fourth-order valence-electron chi connectivity index (χ4n) is 4.30. The first-order chi connectivity index (χ1) is 15.5. The standard InChI is InChI=1S/C25H32N4O3/c1-16-6-7-21-20(12-16)17(2)27-25(28-21)29-10-8-19(9-11-29)26-15-18-13-22(30-3)24(32-5)23(14-18)31-4/h6-7,12-14,19,26H,8-11,15H2,1-5H3. The average Bonchev–Trinajstić information content (AvgIpc) is 2.82. The van der Waals surface area contributed by atoms with Crippen LogP contribution >= 0.6 is 0 Å². The van der Waals surface area contributed by atoms with Gasteiger partial charge in [0.1, 0.15) is 0 Å². The van der Waals surface area contributed by atoms with E-state index in [2.05, 4.69) is 42.3 Å². The SMILES string of the molecule is COc1cc(CNC2CCN(c3nc(C)c4cc(C)ccc4n3)CC2)cc(OC)c1OC. The molecule has 3 aromatic rings. The minimum Gasteiger partial charge on any atom is -0.493 e. The van der Waals surface area contributed by atoms with Crippen molar-refractivity contribution in [2.24, 2.45) is 0 Å². The predicted molar refractivity (Wildman–Crippen MR) is 127 cm³/mol. The van der Waals surface area contributed by atoms with Crippen molar-refractivity contribution in [1.29, 1.82) is 0 Å². The van der Waals surface area contributed by atoms with Gasteiger partial charge >= 0.3 is 0 Å². The van der Waals surface area contributed by atoms with E-state index in [-0.39, 0.29) is 0 Å². The molecule has 0 atom stereocenters. The molecule has 0 unspecified atom stereocenters. The van der Waals surface area contributed by atoms with Gasteiger partial charge in [0.15, 0.2) is 11.5 Å². The Bertz CT molecular complexity index is 1070. The van der Waals surface area contributed by atoms with Gasteiger partial charge in [0.05, 0.1) is 32.5 Å². The lowest BCUT2D eigenvalue weighted by Crippen LogP contribution is -2.43. The molecule has 0 amide bonds. The van der Waals surface area contributed by atoms with Gasteiger partial charge < -0.3 is 24.4 Å². The molecule has 4 rings (SSSR count). The van der Waals surface area contributed by atoms with Crippen molar-refractivity contribution >= 4 is 16.9 Å². The van der Waals surface area contributed by atoms with Gasteiger partial charge in [-0.2, -0.15) is 0 Å². The maximum absolute atomic E-state index is 5.47. The van der Waals surface area contributed by atoms with Crippen LogP contribution in [0.25, 0.3) is 10.9 Å². The first-order valence-corrected chi connectivity index (χ1v) is 11.0. The van der Waals surface area contributed by atoms with Gasteiger partial charge in [-0.05, 0) is 56.5 Å². The Balaban J connectivity index is 1.39. The number of rotatable bonds is 7. The summed E-state index contributed by atoms with van der Waals surface area (Å²) < 4.78 is 16.3. The number of fused-ring (bicyclic) bond motifs is 1. The third kappa shape index (κ3) is 4.58. The molecule has 0 saturated carbocycles. The number of nitrogens with zero attached hydrogens (tertiary/aromatic N) is 3. The highest BCUT2D eigenvalue weighted by Gasteiger charge is 2.22. The number of hydrogen-bond donors (Lipinski definition) is 1. The molecule has 1 aliphatic heterocycles. The molecule has 2 aromatic carbocycles. The molecule has 170 valence electrons. The summed E-state index contributed by atoms with van der Waals surface area (Å²) in [6.45, 7) is 6.78. The van der Waals surface area contributed by atoms with Crippen LogP contribution in [-0.4, -0.2) is 50.4 Å². The van der Waals surface area contributed by atoms with Crippen LogP contribution in [0.4, 0.5) is 5.95 Å². The molecule has 1 saturated heterocycles.